The van der Waals surface area contributed by atoms with Crippen molar-refractivity contribution in [2.45, 2.75) is 13.8 Å². The highest BCUT2D eigenvalue weighted by Crippen LogP contribution is 2.36. The second-order valence-corrected chi connectivity index (χ2v) is 9.83. The quantitative estimate of drug-likeness (QED) is 0.309. The van der Waals surface area contributed by atoms with Gasteiger partial charge in [0.2, 0.25) is 0 Å². The van der Waals surface area contributed by atoms with Gasteiger partial charge >= 0.3 is 0 Å². The van der Waals surface area contributed by atoms with Crippen LogP contribution in [-0.2, 0) is 9.59 Å². The molecular weight excluding hydrogens is 488 g/mol. The highest BCUT2D eigenvalue weighted by molar-refractivity contribution is 8.27. The summed E-state index contributed by atoms with van der Waals surface area (Å²) in [7, 11) is 0. The summed E-state index contributed by atoms with van der Waals surface area (Å²) in [5.74, 6) is 0.145. The summed E-state index contributed by atoms with van der Waals surface area (Å²) in [6.07, 6.45) is 1.78. The van der Waals surface area contributed by atoms with Crippen LogP contribution in [0.4, 0.5) is 11.4 Å². The molecule has 0 aromatic heterocycles. The molecule has 1 fully saturated rings. The van der Waals surface area contributed by atoms with Gasteiger partial charge in [0.25, 0.3) is 11.8 Å². The van der Waals surface area contributed by atoms with Crippen molar-refractivity contribution in [3.63, 3.8) is 0 Å². The van der Waals surface area contributed by atoms with Crippen molar-refractivity contribution >= 4 is 69.2 Å². The highest BCUT2D eigenvalue weighted by Gasteiger charge is 2.33. The van der Waals surface area contributed by atoms with Gasteiger partial charge in [0.15, 0.2) is 10.9 Å². The first-order valence-electron chi connectivity index (χ1n) is 10.4. The largest absolute Gasteiger partial charge is 0.484 e. The standard InChI is InChI=1S/C26H21ClN2O3S2/c1-16-3-4-17(2)22(13-16)28-24(30)15-32-21-11-5-18(6-12-21)14-23-25(31)29(26(33)34-23)20-9-7-19(27)8-10-20/h3-14H,15H2,1-2H3,(H,28,30)/b23-14-. The molecular formula is C26H21ClN2O3S2. The van der Waals surface area contributed by atoms with E-state index in [-0.39, 0.29) is 18.4 Å². The van der Waals surface area contributed by atoms with Crippen LogP contribution in [0.15, 0.2) is 71.6 Å². The molecule has 0 spiro atoms. The van der Waals surface area contributed by atoms with Crippen molar-refractivity contribution in [1.82, 2.24) is 0 Å². The third kappa shape index (κ3) is 5.67. The predicted molar refractivity (Wildman–Crippen MR) is 144 cm³/mol. The Bertz CT molecular complexity index is 1290. The zero-order valence-corrected chi connectivity index (χ0v) is 20.9. The number of anilines is 2. The molecule has 0 aliphatic carbocycles. The van der Waals surface area contributed by atoms with E-state index in [1.807, 2.05) is 44.2 Å². The molecule has 3 aromatic carbocycles. The number of amides is 2. The van der Waals surface area contributed by atoms with Crippen molar-refractivity contribution in [1.29, 1.82) is 0 Å². The number of thiocarbonyl (C=S) groups is 1. The van der Waals surface area contributed by atoms with E-state index in [2.05, 4.69) is 5.32 Å². The number of halogens is 1. The third-order valence-electron chi connectivity index (χ3n) is 5.09. The average molecular weight is 509 g/mol. The summed E-state index contributed by atoms with van der Waals surface area (Å²) in [6, 6.07) is 20.0. The van der Waals surface area contributed by atoms with Gasteiger partial charge in [0.05, 0.1) is 10.6 Å². The average Bonchev–Trinajstić information content (AvgIpc) is 3.09. The zero-order valence-electron chi connectivity index (χ0n) is 18.5. The van der Waals surface area contributed by atoms with E-state index in [9.17, 15) is 9.59 Å². The Balaban J connectivity index is 1.37. The fourth-order valence-corrected chi connectivity index (χ4v) is 4.72. The van der Waals surface area contributed by atoms with Crippen molar-refractivity contribution in [2.75, 3.05) is 16.8 Å². The SMILES string of the molecule is Cc1ccc(C)c(NC(=O)COc2ccc(/C=C3\SC(=S)N(c4ccc(Cl)cc4)C3=O)cc2)c1. The molecule has 172 valence electrons. The van der Waals surface area contributed by atoms with E-state index in [4.69, 9.17) is 28.6 Å². The maximum atomic E-state index is 12.9. The maximum Gasteiger partial charge on any atom is 0.270 e. The zero-order chi connectivity index (χ0) is 24.2. The minimum atomic E-state index is -0.233. The molecule has 1 heterocycles. The molecule has 1 aliphatic rings. The first-order valence-corrected chi connectivity index (χ1v) is 12.0. The lowest BCUT2D eigenvalue weighted by atomic mass is 10.1. The number of carbonyl (C=O) groups is 2. The van der Waals surface area contributed by atoms with Gasteiger partial charge in [-0.25, -0.2) is 0 Å². The lowest BCUT2D eigenvalue weighted by Gasteiger charge is -2.14. The van der Waals surface area contributed by atoms with Crippen LogP contribution in [0.3, 0.4) is 0 Å². The second-order valence-electron chi connectivity index (χ2n) is 7.72. The monoisotopic (exact) mass is 508 g/mol. The normalized spacial score (nSPS) is 14.6. The first-order chi connectivity index (χ1) is 16.3. The Morgan fingerprint density at radius 3 is 2.50 bits per heavy atom. The van der Waals surface area contributed by atoms with Gasteiger partial charge in [-0.3, -0.25) is 14.5 Å². The Kier molecular flexibility index (Phi) is 7.36. The summed E-state index contributed by atoms with van der Waals surface area (Å²) in [6.45, 7) is 3.81. The number of ether oxygens (including phenoxy) is 1. The smallest absolute Gasteiger partial charge is 0.270 e. The Morgan fingerprint density at radius 1 is 1.09 bits per heavy atom. The van der Waals surface area contributed by atoms with Crippen LogP contribution in [0.1, 0.15) is 16.7 Å². The van der Waals surface area contributed by atoms with Gasteiger partial charge in [0, 0.05) is 10.7 Å². The lowest BCUT2D eigenvalue weighted by Crippen LogP contribution is -2.27. The van der Waals surface area contributed by atoms with Crippen LogP contribution >= 0.6 is 35.6 Å². The Hall–Kier alpha value is -3.13. The molecule has 1 aliphatic heterocycles. The summed E-state index contributed by atoms with van der Waals surface area (Å²) in [5, 5.41) is 3.47. The van der Waals surface area contributed by atoms with Gasteiger partial charge in [-0.1, -0.05) is 59.8 Å². The van der Waals surface area contributed by atoms with Crippen LogP contribution in [0, 0.1) is 13.8 Å². The van der Waals surface area contributed by atoms with Crippen LogP contribution in [0.2, 0.25) is 5.02 Å². The van der Waals surface area contributed by atoms with Gasteiger partial charge in [-0.15, -0.1) is 0 Å². The minimum absolute atomic E-state index is 0.105. The van der Waals surface area contributed by atoms with Crippen LogP contribution in [-0.4, -0.2) is 22.7 Å². The highest BCUT2D eigenvalue weighted by atomic mass is 35.5. The number of hydrogen-bond acceptors (Lipinski definition) is 5. The molecule has 5 nitrogen and oxygen atoms in total. The van der Waals surface area contributed by atoms with E-state index in [0.717, 1.165) is 22.4 Å². The molecule has 0 bridgehead atoms. The molecule has 0 unspecified atom stereocenters. The fourth-order valence-electron chi connectivity index (χ4n) is 3.30. The van der Waals surface area contributed by atoms with Gasteiger partial charge in [-0.2, -0.15) is 0 Å². The molecule has 0 saturated carbocycles. The van der Waals surface area contributed by atoms with Gasteiger partial charge in [0.1, 0.15) is 5.75 Å². The molecule has 34 heavy (non-hydrogen) atoms. The van der Waals surface area contributed by atoms with Crippen LogP contribution in [0.25, 0.3) is 6.08 Å². The van der Waals surface area contributed by atoms with E-state index >= 15 is 0 Å². The number of hydrogen-bond donors (Lipinski definition) is 1. The molecule has 4 rings (SSSR count). The summed E-state index contributed by atoms with van der Waals surface area (Å²) in [5.41, 5.74) is 4.34. The van der Waals surface area contributed by atoms with E-state index in [0.29, 0.717) is 25.7 Å². The van der Waals surface area contributed by atoms with Crippen molar-refractivity contribution in [3.8, 4) is 5.75 Å². The molecule has 2 amide bonds. The maximum absolute atomic E-state index is 12.9. The number of carbonyl (C=O) groups excluding carboxylic acids is 2. The number of nitrogens with one attached hydrogen (secondary N) is 1. The molecule has 3 aromatic rings. The second kappa shape index (κ2) is 10.4. The van der Waals surface area contributed by atoms with E-state index < -0.39 is 0 Å². The Morgan fingerprint density at radius 2 is 1.79 bits per heavy atom. The molecule has 1 saturated heterocycles. The van der Waals surface area contributed by atoms with Crippen LogP contribution in [0.5, 0.6) is 5.75 Å². The molecule has 1 N–H and O–H groups in total. The minimum Gasteiger partial charge on any atom is -0.484 e. The Labute approximate surface area is 212 Å². The predicted octanol–water partition coefficient (Wildman–Crippen LogP) is 6.38. The first kappa shape index (κ1) is 24.0. The molecule has 0 radical (unpaired) electrons. The van der Waals surface area contributed by atoms with Crippen molar-refractivity contribution in [3.05, 3.63) is 93.3 Å². The van der Waals surface area contributed by atoms with Crippen LogP contribution < -0.4 is 15.0 Å². The van der Waals surface area contributed by atoms with Gasteiger partial charge in [-0.05, 0) is 79.1 Å². The summed E-state index contributed by atoms with van der Waals surface area (Å²) < 4.78 is 6.08. The summed E-state index contributed by atoms with van der Waals surface area (Å²) >= 11 is 12.6. The van der Waals surface area contributed by atoms with Crippen molar-refractivity contribution in [2.24, 2.45) is 0 Å². The number of benzene rings is 3. The van der Waals surface area contributed by atoms with E-state index in [1.165, 1.54) is 16.7 Å². The fraction of sp³-hybridized carbons (Fsp3) is 0.115. The number of rotatable bonds is 6. The lowest BCUT2D eigenvalue weighted by molar-refractivity contribution is -0.118. The van der Waals surface area contributed by atoms with Gasteiger partial charge < -0.3 is 10.1 Å². The summed E-state index contributed by atoms with van der Waals surface area (Å²) in [4.78, 5) is 27.2. The third-order valence-corrected chi connectivity index (χ3v) is 6.65. The molecule has 8 heteroatoms. The number of thioether (sulfide) groups is 1. The van der Waals surface area contributed by atoms with Crippen molar-refractivity contribution < 1.29 is 14.3 Å². The number of aryl methyl sites for hydroxylation is 2. The number of nitrogens with zero attached hydrogens (tertiary/aromatic N) is 1. The molecule has 0 atom stereocenters. The topological polar surface area (TPSA) is 58.6 Å². The van der Waals surface area contributed by atoms with E-state index in [1.54, 1.807) is 42.5 Å².